The zero-order valence-electron chi connectivity index (χ0n) is 11.3. The fraction of sp³-hybridized carbons (Fsp3) is 0.643. The second kappa shape index (κ2) is 6.16. The van der Waals surface area contributed by atoms with E-state index in [2.05, 4.69) is 28.6 Å². The summed E-state index contributed by atoms with van der Waals surface area (Å²) >= 11 is 0. The third-order valence-corrected chi connectivity index (χ3v) is 3.81. The lowest BCUT2D eigenvalue weighted by atomic mass is 10.2. The summed E-state index contributed by atoms with van der Waals surface area (Å²) in [5, 5.41) is 9.12. The Hall–Kier alpha value is -1.13. The maximum Gasteiger partial charge on any atom is 0.128 e. The normalized spacial score (nSPS) is 18.9. The Labute approximate surface area is 109 Å². The van der Waals surface area contributed by atoms with Gasteiger partial charge in [-0.3, -0.25) is 4.90 Å². The van der Waals surface area contributed by atoms with Crippen LogP contribution < -0.4 is 4.90 Å². The van der Waals surface area contributed by atoms with E-state index in [-0.39, 0.29) is 6.61 Å². The number of piperazine rings is 1. The molecule has 0 radical (unpaired) electrons. The number of aliphatic hydroxyl groups excluding tert-OH is 1. The second-order valence-electron chi connectivity index (χ2n) is 4.93. The van der Waals surface area contributed by atoms with Gasteiger partial charge in [-0.25, -0.2) is 4.98 Å². The standard InChI is InChI=1S/C14H23N3O/c1-3-12(2)16-7-9-17(10-8-16)14-6-4-5-13(11-18)15-14/h4-6,12,18H,3,7-11H2,1-2H3. The molecule has 1 saturated heterocycles. The second-order valence-corrected chi connectivity index (χ2v) is 4.93. The molecule has 1 fully saturated rings. The first-order chi connectivity index (χ1) is 8.74. The molecule has 18 heavy (non-hydrogen) atoms. The molecule has 0 aromatic carbocycles. The van der Waals surface area contributed by atoms with E-state index in [9.17, 15) is 0 Å². The zero-order chi connectivity index (χ0) is 13.0. The van der Waals surface area contributed by atoms with Gasteiger partial charge in [-0.1, -0.05) is 13.0 Å². The molecule has 1 aliphatic rings. The Morgan fingerprint density at radius 2 is 2.00 bits per heavy atom. The van der Waals surface area contributed by atoms with Crippen molar-refractivity contribution < 1.29 is 5.11 Å². The summed E-state index contributed by atoms with van der Waals surface area (Å²) in [6.45, 7) is 8.78. The van der Waals surface area contributed by atoms with Gasteiger partial charge in [0, 0.05) is 32.2 Å². The van der Waals surface area contributed by atoms with Crippen molar-refractivity contribution in [3.05, 3.63) is 23.9 Å². The predicted molar refractivity (Wildman–Crippen MR) is 73.7 cm³/mol. The van der Waals surface area contributed by atoms with Gasteiger partial charge in [-0.2, -0.15) is 0 Å². The minimum Gasteiger partial charge on any atom is -0.390 e. The summed E-state index contributed by atoms with van der Waals surface area (Å²) in [5.74, 6) is 0.991. The van der Waals surface area contributed by atoms with E-state index < -0.39 is 0 Å². The SMILES string of the molecule is CCC(C)N1CCN(c2cccc(CO)n2)CC1. The smallest absolute Gasteiger partial charge is 0.128 e. The van der Waals surface area contributed by atoms with Gasteiger partial charge in [-0.05, 0) is 25.5 Å². The van der Waals surface area contributed by atoms with E-state index in [0.29, 0.717) is 6.04 Å². The average Bonchev–Trinajstić information content (AvgIpc) is 2.46. The molecular weight excluding hydrogens is 226 g/mol. The van der Waals surface area contributed by atoms with Crippen LogP contribution in [0.25, 0.3) is 0 Å². The van der Waals surface area contributed by atoms with Crippen molar-refractivity contribution in [1.29, 1.82) is 0 Å². The fourth-order valence-corrected chi connectivity index (χ4v) is 2.38. The van der Waals surface area contributed by atoms with E-state index in [0.717, 1.165) is 37.7 Å². The summed E-state index contributed by atoms with van der Waals surface area (Å²) in [4.78, 5) is 9.30. The van der Waals surface area contributed by atoms with Gasteiger partial charge in [-0.15, -0.1) is 0 Å². The molecule has 1 aliphatic heterocycles. The van der Waals surface area contributed by atoms with Gasteiger partial charge in [0.2, 0.25) is 0 Å². The number of pyridine rings is 1. The Balaban J connectivity index is 1.96. The van der Waals surface area contributed by atoms with Crippen molar-refractivity contribution in [3.8, 4) is 0 Å². The third kappa shape index (κ3) is 3.00. The van der Waals surface area contributed by atoms with E-state index in [1.807, 2.05) is 18.2 Å². The average molecular weight is 249 g/mol. The lowest BCUT2D eigenvalue weighted by molar-refractivity contribution is 0.192. The Morgan fingerprint density at radius 1 is 1.28 bits per heavy atom. The third-order valence-electron chi connectivity index (χ3n) is 3.81. The van der Waals surface area contributed by atoms with Gasteiger partial charge in [0.05, 0.1) is 12.3 Å². The molecule has 0 saturated carbocycles. The van der Waals surface area contributed by atoms with Crippen molar-refractivity contribution >= 4 is 5.82 Å². The Kier molecular flexibility index (Phi) is 4.55. The fourth-order valence-electron chi connectivity index (χ4n) is 2.38. The zero-order valence-corrected chi connectivity index (χ0v) is 11.3. The highest BCUT2D eigenvalue weighted by molar-refractivity contribution is 5.39. The summed E-state index contributed by atoms with van der Waals surface area (Å²) in [7, 11) is 0. The van der Waals surface area contributed by atoms with Crippen LogP contribution in [-0.2, 0) is 6.61 Å². The van der Waals surface area contributed by atoms with Crippen LogP contribution in [0.4, 0.5) is 5.82 Å². The molecule has 0 amide bonds. The monoisotopic (exact) mass is 249 g/mol. The van der Waals surface area contributed by atoms with E-state index in [4.69, 9.17) is 5.11 Å². The van der Waals surface area contributed by atoms with Crippen LogP contribution in [0.2, 0.25) is 0 Å². The molecule has 100 valence electrons. The van der Waals surface area contributed by atoms with Crippen molar-refractivity contribution in [2.24, 2.45) is 0 Å². The van der Waals surface area contributed by atoms with Crippen LogP contribution >= 0.6 is 0 Å². The molecule has 1 unspecified atom stereocenters. The molecule has 2 rings (SSSR count). The lowest BCUT2D eigenvalue weighted by Gasteiger charge is -2.38. The van der Waals surface area contributed by atoms with Crippen LogP contribution in [0, 0.1) is 0 Å². The highest BCUT2D eigenvalue weighted by atomic mass is 16.3. The van der Waals surface area contributed by atoms with E-state index in [1.54, 1.807) is 0 Å². The van der Waals surface area contributed by atoms with Gasteiger partial charge < -0.3 is 10.0 Å². The number of hydrogen-bond donors (Lipinski definition) is 1. The van der Waals surface area contributed by atoms with Crippen molar-refractivity contribution in [3.63, 3.8) is 0 Å². The molecule has 4 nitrogen and oxygen atoms in total. The molecule has 0 spiro atoms. The molecule has 4 heteroatoms. The maximum atomic E-state index is 9.12. The number of hydrogen-bond acceptors (Lipinski definition) is 4. The lowest BCUT2D eigenvalue weighted by Crippen LogP contribution is -2.49. The molecule has 0 bridgehead atoms. The quantitative estimate of drug-likeness (QED) is 0.877. The first kappa shape index (κ1) is 13.3. The number of rotatable bonds is 4. The number of aliphatic hydroxyl groups is 1. The minimum absolute atomic E-state index is 0.0146. The van der Waals surface area contributed by atoms with Crippen LogP contribution in [0.1, 0.15) is 26.0 Å². The Bertz CT molecular complexity index is 375. The highest BCUT2D eigenvalue weighted by Gasteiger charge is 2.20. The predicted octanol–water partition coefficient (Wildman–Crippen LogP) is 1.49. The maximum absolute atomic E-state index is 9.12. The molecule has 1 N–H and O–H groups in total. The van der Waals surface area contributed by atoms with Gasteiger partial charge in [0.25, 0.3) is 0 Å². The van der Waals surface area contributed by atoms with Crippen LogP contribution in [-0.4, -0.2) is 47.2 Å². The van der Waals surface area contributed by atoms with Gasteiger partial charge >= 0.3 is 0 Å². The molecule has 0 aliphatic carbocycles. The van der Waals surface area contributed by atoms with Crippen molar-refractivity contribution in [1.82, 2.24) is 9.88 Å². The Morgan fingerprint density at radius 3 is 2.61 bits per heavy atom. The van der Waals surface area contributed by atoms with Crippen LogP contribution in [0.5, 0.6) is 0 Å². The first-order valence-electron chi connectivity index (χ1n) is 6.80. The van der Waals surface area contributed by atoms with Crippen LogP contribution in [0.15, 0.2) is 18.2 Å². The first-order valence-corrected chi connectivity index (χ1v) is 6.80. The molecule has 1 atom stereocenters. The van der Waals surface area contributed by atoms with Gasteiger partial charge in [0.1, 0.15) is 5.82 Å². The summed E-state index contributed by atoms with van der Waals surface area (Å²) in [5.41, 5.74) is 0.747. The minimum atomic E-state index is 0.0146. The van der Waals surface area contributed by atoms with Crippen LogP contribution in [0.3, 0.4) is 0 Å². The number of anilines is 1. The van der Waals surface area contributed by atoms with Crippen molar-refractivity contribution in [2.75, 3.05) is 31.1 Å². The summed E-state index contributed by atoms with van der Waals surface area (Å²) in [6, 6.07) is 6.52. The molecular formula is C14H23N3O. The van der Waals surface area contributed by atoms with Gasteiger partial charge in [0.15, 0.2) is 0 Å². The molecule has 2 heterocycles. The number of nitrogens with zero attached hydrogens (tertiary/aromatic N) is 3. The van der Waals surface area contributed by atoms with E-state index >= 15 is 0 Å². The van der Waals surface area contributed by atoms with E-state index in [1.165, 1.54) is 6.42 Å². The summed E-state index contributed by atoms with van der Waals surface area (Å²) < 4.78 is 0. The number of aromatic nitrogens is 1. The summed E-state index contributed by atoms with van der Waals surface area (Å²) in [6.07, 6.45) is 1.21. The highest BCUT2D eigenvalue weighted by Crippen LogP contribution is 2.16. The largest absolute Gasteiger partial charge is 0.390 e. The topological polar surface area (TPSA) is 39.6 Å². The van der Waals surface area contributed by atoms with Crippen molar-refractivity contribution in [2.45, 2.75) is 32.9 Å². The molecule has 1 aromatic rings. The molecule has 1 aromatic heterocycles.